The number of para-hydroxylation sites is 2. The quantitative estimate of drug-likeness (QED) is 0.672. The lowest BCUT2D eigenvalue weighted by molar-refractivity contribution is 0.0936. The number of piperidine rings is 1. The number of aromatic nitrogens is 2. The lowest BCUT2D eigenvalue weighted by Gasteiger charge is -2.36. The Balaban J connectivity index is 1.51. The van der Waals surface area contributed by atoms with Gasteiger partial charge in [-0.05, 0) is 44.7 Å². The maximum Gasteiger partial charge on any atom is 0.274 e. The zero-order chi connectivity index (χ0) is 20.2. The summed E-state index contributed by atoms with van der Waals surface area (Å²) in [5, 5.41) is 6.63. The fourth-order valence-electron chi connectivity index (χ4n) is 4.50. The fraction of sp³-hybridized carbons (Fsp3) is 0.591. The van der Waals surface area contributed by atoms with E-state index in [9.17, 15) is 4.79 Å². The lowest BCUT2D eigenvalue weighted by Crippen LogP contribution is -2.47. The van der Waals surface area contributed by atoms with Crippen LogP contribution in [0.15, 0.2) is 24.3 Å². The second kappa shape index (κ2) is 9.05. The lowest BCUT2D eigenvalue weighted by atomic mass is 9.93. The van der Waals surface area contributed by atoms with Crippen molar-refractivity contribution in [2.24, 2.45) is 5.73 Å². The number of rotatable bonds is 5. The monoisotopic (exact) mass is 396 g/mol. The molecule has 0 bridgehead atoms. The van der Waals surface area contributed by atoms with Crippen LogP contribution in [-0.4, -0.2) is 47.2 Å². The minimum Gasteiger partial charge on any atom is -0.355 e. The molecule has 1 aliphatic heterocycles. The van der Waals surface area contributed by atoms with Crippen molar-refractivity contribution in [2.75, 3.05) is 18.0 Å². The second-order valence-electron chi connectivity index (χ2n) is 8.41. The van der Waals surface area contributed by atoms with E-state index in [1.54, 1.807) is 6.92 Å². The molecule has 4 rings (SSSR count). The van der Waals surface area contributed by atoms with Crippen molar-refractivity contribution in [3.8, 4) is 0 Å². The molecule has 0 spiro atoms. The summed E-state index contributed by atoms with van der Waals surface area (Å²) in [6.07, 6.45) is 8.36. The third kappa shape index (κ3) is 4.85. The first kappa shape index (κ1) is 20.0. The largest absolute Gasteiger partial charge is 0.355 e. The Morgan fingerprint density at radius 2 is 1.66 bits per heavy atom. The second-order valence-corrected chi connectivity index (χ2v) is 8.41. The molecule has 2 fully saturated rings. The van der Waals surface area contributed by atoms with E-state index >= 15 is 0 Å². The molecule has 7 nitrogen and oxygen atoms in total. The molecule has 29 heavy (non-hydrogen) atoms. The molecule has 7 heteroatoms. The predicted molar refractivity (Wildman–Crippen MR) is 116 cm³/mol. The first-order chi connectivity index (χ1) is 14.1. The summed E-state index contributed by atoms with van der Waals surface area (Å²) >= 11 is 0. The number of anilines is 1. The highest BCUT2D eigenvalue weighted by Gasteiger charge is 2.27. The Morgan fingerprint density at radius 1 is 1.03 bits per heavy atom. The number of amides is 1. The highest BCUT2D eigenvalue weighted by molar-refractivity contribution is 5.99. The molecule has 4 N–H and O–H groups in total. The van der Waals surface area contributed by atoms with Gasteiger partial charge in [-0.2, -0.15) is 0 Å². The van der Waals surface area contributed by atoms with E-state index in [0.717, 1.165) is 37.0 Å². The molecule has 156 valence electrons. The van der Waals surface area contributed by atoms with Crippen LogP contribution in [0.2, 0.25) is 0 Å². The fourth-order valence-corrected chi connectivity index (χ4v) is 4.50. The van der Waals surface area contributed by atoms with Crippen molar-refractivity contribution < 1.29 is 4.79 Å². The average Bonchev–Trinajstić information content (AvgIpc) is 2.73. The van der Waals surface area contributed by atoms with E-state index in [1.165, 1.54) is 32.1 Å². The van der Waals surface area contributed by atoms with Crippen LogP contribution in [0.5, 0.6) is 0 Å². The summed E-state index contributed by atoms with van der Waals surface area (Å²) in [7, 11) is 0. The predicted octanol–water partition coefficient (Wildman–Crippen LogP) is 2.56. The van der Waals surface area contributed by atoms with E-state index in [0.29, 0.717) is 23.6 Å². The molecular weight excluding hydrogens is 364 g/mol. The maximum atomic E-state index is 12.8. The van der Waals surface area contributed by atoms with Crippen LogP contribution < -0.4 is 21.3 Å². The van der Waals surface area contributed by atoms with Crippen molar-refractivity contribution in [3.05, 3.63) is 30.0 Å². The smallest absolute Gasteiger partial charge is 0.274 e. The Labute approximate surface area is 172 Å². The molecule has 1 atom stereocenters. The zero-order valence-corrected chi connectivity index (χ0v) is 17.2. The van der Waals surface area contributed by atoms with Crippen molar-refractivity contribution >= 4 is 22.8 Å². The van der Waals surface area contributed by atoms with Crippen LogP contribution >= 0.6 is 0 Å². The van der Waals surface area contributed by atoms with Gasteiger partial charge in [0.05, 0.1) is 17.2 Å². The van der Waals surface area contributed by atoms with Gasteiger partial charge in [0.25, 0.3) is 5.91 Å². The molecule has 0 radical (unpaired) electrons. The van der Waals surface area contributed by atoms with Crippen molar-refractivity contribution in [1.82, 2.24) is 20.6 Å². The van der Waals surface area contributed by atoms with Crippen LogP contribution in [0.1, 0.15) is 62.4 Å². The van der Waals surface area contributed by atoms with E-state index in [4.69, 9.17) is 10.7 Å². The molecule has 1 saturated heterocycles. The number of fused-ring (bicyclic) bond motifs is 1. The van der Waals surface area contributed by atoms with E-state index in [-0.39, 0.29) is 5.91 Å². The number of nitrogens with zero attached hydrogens (tertiary/aromatic N) is 3. The molecular formula is C22H32N6O. The Bertz CT molecular complexity index is 840. The van der Waals surface area contributed by atoms with Gasteiger partial charge in [-0.25, -0.2) is 9.97 Å². The summed E-state index contributed by atoms with van der Waals surface area (Å²) < 4.78 is 0. The molecule has 2 aliphatic rings. The minimum absolute atomic E-state index is 0.268. The number of hydrogen-bond acceptors (Lipinski definition) is 6. The molecule has 2 heterocycles. The summed E-state index contributed by atoms with van der Waals surface area (Å²) in [5.41, 5.74) is 7.67. The third-order valence-electron chi connectivity index (χ3n) is 6.00. The third-order valence-corrected chi connectivity index (χ3v) is 6.00. The number of nitrogens with one attached hydrogen (secondary N) is 2. The van der Waals surface area contributed by atoms with Gasteiger partial charge in [0.15, 0.2) is 11.5 Å². The first-order valence-electron chi connectivity index (χ1n) is 10.9. The molecule has 1 saturated carbocycles. The van der Waals surface area contributed by atoms with Gasteiger partial charge in [-0.15, -0.1) is 0 Å². The SMILES string of the molecule is CC(N)NC(=O)c1nc2ccccc2nc1N1CCC(NC2CCCCC2)CC1. The molecule has 1 aromatic carbocycles. The van der Waals surface area contributed by atoms with Crippen LogP contribution in [0, 0.1) is 0 Å². The standard InChI is InChI=1S/C22H32N6O/c1-15(23)24-22(29)20-21(27-19-10-6-5-9-18(19)26-20)28-13-11-17(12-14-28)25-16-7-3-2-4-8-16/h5-6,9-10,15-17,25H,2-4,7-8,11-14,23H2,1H3,(H,24,29). The van der Waals surface area contributed by atoms with Gasteiger partial charge in [-0.3, -0.25) is 4.79 Å². The van der Waals surface area contributed by atoms with Crippen molar-refractivity contribution in [1.29, 1.82) is 0 Å². The number of hydrogen-bond donors (Lipinski definition) is 3. The molecule has 1 aromatic heterocycles. The van der Waals surface area contributed by atoms with Crippen LogP contribution in [0.3, 0.4) is 0 Å². The van der Waals surface area contributed by atoms with Crippen LogP contribution in [0.4, 0.5) is 5.82 Å². The summed E-state index contributed by atoms with van der Waals surface area (Å²) in [5.74, 6) is 0.397. The molecule has 1 amide bonds. The Hall–Kier alpha value is -2.25. The first-order valence-corrected chi connectivity index (χ1v) is 10.9. The summed E-state index contributed by atoms with van der Waals surface area (Å²) in [6, 6.07) is 8.90. The van der Waals surface area contributed by atoms with Crippen LogP contribution in [-0.2, 0) is 0 Å². The van der Waals surface area contributed by atoms with Crippen molar-refractivity contribution in [3.63, 3.8) is 0 Å². The number of nitrogens with two attached hydrogens (primary N) is 1. The van der Waals surface area contributed by atoms with E-state index < -0.39 is 6.17 Å². The zero-order valence-electron chi connectivity index (χ0n) is 17.2. The van der Waals surface area contributed by atoms with Gasteiger partial charge in [-0.1, -0.05) is 31.4 Å². The summed E-state index contributed by atoms with van der Waals surface area (Å²) in [4.78, 5) is 24.4. The topological polar surface area (TPSA) is 96.2 Å². The highest BCUT2D eigenvalue weighted by atomic mass is 16.2. The van der Waals surface area contributed by atoms with Crippen LogP contribution in [0.25, 0.3) is 11.0 Å². The normalized spacial score (nSPS) is 20.0. The van der Waals surface area contributed by atoms with Gasteiger partial charge in [0, 0.05) is 25.2 Å². The molecule has 1 aliphatic carbocycles. The highest BCUT2D eigenvalue weighted by Crippen LogP contribution is 2.25. The van der Waals surface area contributed by atoms with Gasteiger partial charge >= 0.3 is 0 Å². The van der Waals surface area contributed by atoms with E-state index in [2.05, 4.69) is 20.5 Å². The molecule has 2 aromatic rings. The number of carbonyl (C=O) groups excluding carboxylic acids is 1. The van der Waals surface area contributed by atoms with Gasteiger partial charge in [0.2, 0.25) is 0 Å². The molecule has 1 unspecified atom stereocenters. The number of benzene rings is 1. The average molecular weight is 397 g/mol. The van der Waals surface area contributed by atoms with Crippen molar-refractivity contribution in [2.45, 2.75) is 70.1 Å². The maximum absolute atomic E-state index is 12.8. The Kier molecular flexibility index (Phi) is 6.25. The number of carbonyl (C=O) groups is 1. The van der Waals surface area contributed by atoms with Gasteiger partial charge in [0.1, 0.15) is 0 Å². The summed E-state index contributed by atoms with van der Waals surface area (Å²) in [6.45, 7) is 3.49. The van der Waals surface area contributed by atoms with E-state index in [1.807, 2.05) is 24.3 Å². The minimum atomic E-state index is -0.436. The van der Waals surface area contributed by atoms with Gasteiger partial charge < -0.3 is 21.3 Å². The Morgan fingerprint density at radius 3 is 2.31 bits per heavy atom.